The molecular weight excluding hydrogens is 1330 g/mol. The minimum absolute atomic E-state index is 0.0973. The van der Waals surface area contributed by atoms with Gasteiger partial charge in [-0.05, 0) is 29.2 Å². The predicted molar refractivity (Wildman–Crippen MR) is 336 cm³/mol. The Morgan fingerprint density at radius 2 is 1.25 bits per heavy atom. The molecule has 100 heavy (non-hydrogen) atoms. The maximum atomic E-state index is 15.2. The third-order valence-electron chi connectivity index (χ3n) is 17.6. The van der Waals surface area contributed by atoms with Gasteiger partial charge in [0.05, 0.1) is 51.5 Å². The maximum Gasteiger partial charge on any atom is 0.306 e. The van der Waals surface area contributed by atoms with E-state index in [0.717, 1.165) is 11.8 Å². The van der Waals surface area contributed by atoms with Crippen molar-refractivity contribution in [3.63, 3.8) is 0 Å². The lowest BCUT2D eigenvalue weighted by Crippen LogP contribution is -2.70. The Kier molecular flexibility index (Phi) is 26.8. The van der Waals surface area contributed by atoms with Gasteiger partial charge < -0.3 is 148 Å². The van der Waals surface area contributed by atoms with Crippen molar-refractivity contribution in [2.45, 2.75) is 193 Å². The Morgan fingerprint density at radius 1 is 0.620 bits per heavy atom. The first-order valence-electron chi connectivity index (χ1n) is 32.1. The van der Waals surface area contributed by atoms with Crippen LogP contribution in [-0.2, 0) is 73.2 Å². The maximum absolute atomic E-state index is 15.2. The highest BCUT2D eigenvalue weighted by molar-refractivity contribution is 5.98. The zero-order chi connectivity index (χ0) is 73.1. The highest BCUT2D eigenvalue weighted by Gasteiger charge is 2.55. The number of aliphatic imine (C=N–C) groups is 2. The van der Waals surface area contributed by atoms with Crippen molar-refractivity contribution in [1.82, 2.24) is 42.1 Å². The van der Waals surface area contributed by atoms with Crippen molar-refractivity contribution < 1.29 is 133 Å². The fourth-order valence-electron chi connectivity index (χ4n) is 12.0. The fourth-order valence-corrected chi connectivity index (χ4v) is 12.0. The number of hydrogen-bond acceptors (Lipinski definition) is 33. The van der Waals surface area contributed by atoms with E-state index in [9.17, 15) is 90.0 Å². The predicted octanol–water partition coefficient (Wildman–Crippen LogP) is -11.4. The second-order valence-corrected chi connectivity index (χ2v) is 25.2. The van der Waals surface area contributed by atoms with Gasteiger partial charge in [-0.3, -0.25) is 48.3 Å². The number of guanidine groups is 2. The fraction of sp³-hybridized carbons (Fsp3) is 0.639. The molecule has 0 spiro atoms. The summed E-state index contributed by atoms with van der Waals surface area (Å²) >= 11 is 0. The standard InChI is InChI=1S/C61H88N12O27/c1-23(2)14-37(79)99-51-44(83)35(22-94-25(4)77)98-59(49(51)88)100-50-34(21-76)97-58(48(87)46(50)85)95-28-12-10-26(11-13-28)15-29-53(90)71-39(41(80)30-16-65-60(62)69-30)56(93)72-40(42(81)32-17-66-61(63)73(32)57-47(86)45(84)43(82)33(20-75)96-57)55(92)68-31(19-74)52(89)64-18-36(78)70-38(54(91)67-29)24(3)27-8-6-5-7-9-27/h5-13,23-24,29-35,38-51,57-59,74-76,80-88H,14-22H2,1-4H3,(H2,63,66)(H,64,89)(H,67,91)(H,68,92)(H,70,78)(H,71,90)(H,72,93)(H3,62,65,69). The van der Waals surface area contributed by atoms with Crippen molar-refractivity contribution in [2.24, 2.45) is 27.4 Å². The summed E-state index contributed by atoms with van der Waals surface area (Å²) < 4.78 is 39.5. The summed E-state index contributed by atoms with van der Waals surface area (Å²) in [6, 6.07) is 0.655. The number of aliphatic hydroxyl groups excluding tert-OH is 12. The first-order chi connectivity index (χ1) is 47.4. The van der Waals surface area contributed by atoms with Gasteiger partial charge >= 0.3 is 11.9 Å². The van der Waals surface area contributed by atoms with Crippen LogP contribution in [-0.4, -0.2) is 318 Å². The van der Waals surface area contributed by atoms with Gasteiger partial charge in [-0.1, -0.05) is 63.2 Å². The number of carbonyl (C=O) groups is 8. The second-order valence-electron chi connectivity index (χ2n) is 25.2. The van der Waals surface area contributed by atoms with Crippen LogP contribution in [0.4, 0.5) is 0 Å². The van der Waals surface area contributed by atoms with Gasteiger partial charge in [-0.15, -0.1) is 0 Å². The van der Waals surface area contributed by atoms with Gasteiger partial charge in [0.2, 0.25) is 41.7 Å². The smallest absolute Gasteiger partial charge is 0.306 e. The van der Waals surface area contributed by atoms with Gasteiger partial charge in [0.1, 0.15) is 122 Å². The summed E-state index contributed by atoms with van der Waals surface area (Å²) in [7, 11) is 0. The van der Waals surface area contributed by atoms with Crippen molar-refractivity contribution in [3.05, 3.63) is 65.7 Å². The number of aliphatic hydroxyl groups is 12. The summed E-state index contributed by atoms with van der Waals surface area (Å²) in [5.74, 6) is -10.9. The van der Waals surface area contributed by atoms with Crippen molar-refractivity contribution >= 4 is 59.3 Å². The molecule has 0 aliphatic carbocycles. The third-order valence-corrected chi connectivity index (χ3v) is 17.6. The van der Waals surface area contributed by atoms with Crippen LogP contribution in [0.25, 0.3) is 0 Å². The molecule has 4 saturated heterocycles. The number of carbonyl (C=O) groups excluding carboxylic acids is 8. The average molecular weight is 1420 g/mol. The molecule has 23 N–H and O–H groups in total. The molecule has 39 heteroatoms. The molecule has 25 atom stereocenters. The van der Waals surface area contributed by atoms with E-state index in [-0.39, 0.29) is 36.2 Å². The van der Waals surface area contributed by atoms with Crippen LogP contribution < -0.4 is 53.4 Å². The summed E-state index contributed by atoms with van der Waals surface area (Å²) in [5.41, 5.74) is 12.8. The first kappa shape index (κ1) is 77.6. The quantitative estimate of drug-likeness (QED) is 0.0516. The van der Waals surface area contributed by atoms with Gasteiger partial charge in [-0.2, -0.15) is 0 Å². The minimum atomic E-state index is -2.36. The van der Waals surface area contributed by atoms with Crippen LogP contribution in [0.3, 0.4) is 0 Å². The van der Waals surface area contributed by atoms with Crippen molar-refractivity contribution in [3.8, 4) is 5.75 Å². The third kappa shape index (κ3) is 18.5. The van der Waals surface area contributed by atoms with E-state index in [1.165, 1.54) is 24.3 Å². The topological polar surface area (TPSA) is 608 Å². The molecule has 0 bridgehead atoms. The summed E-state index contributed by atoms with van der Waals surface area (Å²) in [6.07, 6.45) is -32.3. The zero-order valence-corrected chi connectivity index (χ0v) is 54.6. The molecule has 2 aromatic rings. The number of nitrogens with zero attached hydrogens (tertiary/aromatic N) is 3. The number of nitrogens with two attached hydrogens (primary N) is 2. The number of benzene rings is 2. The Morgan fingerprint density at radius 3 is 1.88 bits per heavy atom. The molecular formula is C61H88N12O27. The van der Waals surface area contributed by atoms with Crippen LogP contribution in [0, 0.1) is 5.92 Å². The van der Waals surface area contributed by atoms with Crippen LogP contribution in [0.2, 0.25) is 0 Å². The van der Waals surface area contributed by atoms with Gasteiger partial charge in [0.25, 0.3) is 0 Å². The molecule has 6 amide bonds. The van der Waals surface area contributed by atoms with Gasteiger partial charge in [0, 0.05) is 25.7 Å². The lowest BCUT2D eigenvalue weighted by Gasteiger charge is -2.46. The lowest BCUT2D eigenvalue weighted by atomic mass is 9.92. The number of esters is 2. The zero-order valence-electron chi connectivity index (χ0n) is 54.6. The van der Waals surface area contributed by atoms with Crippen LogP contribution in [0.1, 0.15) is 51.2 Å². The summed E-state index contributed by atoms with van der Waals surface area (Å²) in [4.78, 5) is 121. The molecule has 39 nitrogen and oxygen atoms in total. The largest absolute Gasteiger partial charge is 0.463 e. The minimum Gasteiger partial charge on any atom is -0.463 e. The van der Waals surface area contributed by atoms with Crippen LogP contribution in [0.5, 0.6) is 5.75 Å². The molecule has 0 radical (unpaired) electrons. The second kappa shape index (κ2) is 34.5. The Balaban J connectivity index is 1.09. The van der Waals surface area contributed by atoms with Gasteiger partial charge in [0.15, 0.2) is 30.5 Å². The van der Waals surface area contributed by atoms with Crippen molar-refractivity contribution in [2.75, 3.05) is 46.1 Å². The molecule has 554 valence electrons. The molecule has 6 aliphatic rings. The Hall–Kier alpha value is -8.10. The molecule has 6 heterocycles. The van der Waals surface area contributed by atoms with E-state index in [1.807, 2.05) is 0 Å². The molecule has 25 unspecified atom stereocenters. The van der Waals surface area contributed by atoms with E-state index in [1.54, 1.807) is 51.1 Å². The van der Waals surface area contributed by atoms with Crippen LogP contribution >= 0.6 is 0 Å². The SMILES string of the molecule is CC(=O)OCC1OC(OC2C(CO)OC(Oc3ccc(CC4NC(=O)C(C(C)c5ccccc5)NC(=O)CNC(=O)C(CO)NC(=O)C(C(O)C5CN=C(N)N5C5OC(CO)C(O)C(O)C5O)NC(=O)C(C(O)C5CN=C(N)N5)NC4=O)cc3)C(O)C2O)C(O)C(OC(=O)CC(C)C)C1O. The molecule has 2 aromatic carbocycles. The number of nitrogens with one attached hydrogen (secondary N) is 7. The highest BCUT2D eigenvalue weighted by atomic mass is 16.7. The number of rotatable bonds is 21. The first-order valence-corrected chi connectivity index (χ1v) is 32.1. The molecule has 4 fully saturated rings. The van der Waals surface area contributed by atoms with Crippen LogP contribution in [0.15, 0.2) is 64.6 Å². The van der Waals surface area contributed by atoms with E-state index in [0.29, 0.717) is 5.56 Å². The lowest BCUT2D eigenvalue weighted by molar-refractivity contribution is -0.353. The van der Waals surface area contributed by atoms with E-state index in [2.05, 4.69) is 47.2 Å². The molecule has 0 aromatic heterocycles. The van der Waals surface area contributed by atoms with E-state index >= 15 is 9.59 Å². The molecule has 6 aliphatic heterocycles. The molecule has 8 rings (SSSR count). The average Bonchev–Trinajstić information content (AvgIpc) is 1.60. The Bertz CT molecular complexity index is 3230. The summed E-state index contributed by atoms with van der Waals surface area (Å²) in [5, 5.41) is 150. The van der Waals surface area contributed by atoms with E-state index < -0.39 is 252 Å². The Labute approximate surface area is 570 Å². The normalized spacial score (nSPS) is 35.1. The number of hydrogen-bond donors (Lipinski definition) is 21. The van der Waals surface area contributed by atoms with E-state index in [4.69, 9.17) is 44.6 Å². The highest BCUT2D eigenvalue weighted by Crippen LogP contribution is 2.34. The molecule has 0 saturated carbocycles. The summed E-state index contributed by atoms with van der Waals surface area (Å²) in [6.45, 7) is 0.646. The van der Waals surface area contributed by atoms with Gasteiger partial charge in [-0.25, -0.2) is 0 Å². The number of amides is 6. The number of ether oxygens (including phenoxy) is 7. The monoisotopic (exact) mass is 1420 g/mol. The van der Waals surface area contributed by atoms with Crippen molar-refractivity contribution in [1.29, 1.82) is 0 Å².